The molecule has 1 aromatic carbocycles. The van der Waals surface area contributed by atoms with Gasteiger partial charge in [-0.3, -0.25) is 0 Å². The number of aryl methyl sites for hydroxylation is 1. The van der Waals surface area contributed by atoms with Crippen LogP contribution in [0.4, 0.5) is 0 Å². The van der Waals surface area contributed by atoms with Crippen molar-refractivity contribution in [1.29, 1.82) is 0 Å². The van der Waals surface area contributed by atoms with Crippen LogP contribution in [-0.4, -0.2) is 18.4 Å². The van der Waals surface area contributed by atoms with E-state index < -0.39 is 18.4 Å². The van der Waals surface area contributed by atoms with E-state index in [1.54, 1.807) is 3.58 Å². The van der Waals surface area contributed by atoms with Crippen molar-refractivity contribution in [3.63, 3.8) is 0 Å². The fourth-order valence-corrected chi connectivity index (χ4v) is 4.38. The quantitative estimate of drug-likeness (QED) is 0.522. The molecule has 11 heavy (non-hydrogen) atoms. The predicted molar refractivity (Wildman–Crippen MR) is 54.2 cm³/mol. The van der Waals surface area contributed by atoms with Crippen LogP contribution in [0.3, 0.4) is 0 Å². The molecule has 0 saturated carbocycles. The van der Waals surface area contributed by atoms with Crippen molar-refractivity contribution >= 4 is 22.0 Å². The minimum atomic E-state index is -1.74. The summed E-state index contributed by atoms with van der Waals surface area (Å²) in [5, 5.41) is 0. The summed E-state index contributed by atoms with van der Waals surface area (Å²) in [6.07, 6.45) is 0. The van der Waals surface area contributed by atoms with Crippen LogP contribution >= 0.6 is 0 Å². The van der Waals surface area contributed by atoms with Gasteiger partial charge in [0.15, 0.2) is 0 Å². The molecule has 0 nitrogen and oxygen atoms in total. The van der Waals surface area contributed by atoms with Gasteiger partial charge in [-0.1, -0.05) is 0 Å². The van der Waals surface area contributed by atoms with Gasteiger partial charge in [-0.2, -0.15) is 0 Å². The van der Waals surface area contributed by atoms with Gasteiger partial charge in [0.2, 0.25) is 0 Å². The fourth-order valence-electron chi connectivity index (χ4n) is 1.05. The van der Waals surface area contributed by atoms with E-state index in [2.05, 4.69) is 46.0 Å². The summed E-state index contributed by atoms with van der Waals surface area (Å²) >= 11 is -1.74. The monoisotopic (exact) mass is 137 g/mol. The number of benzene rings is 1. The van der Waals surface area contributed by atoms with Crippen LogP contribution in [0.1, 0.15) is 5.56 Å². The normalized spacial score (nSPS) is 11.6. The van der Waals surface area contributed by atoms with E-state index in [1.807, 2.05) is 0 Å². The zero-order valence-corrected chi connectivity index (χ0v) is 10.7. The third kappa shape index (κ3) is 2.51. The molecule has 0 aliphatic heterocycles. The van der Waals surface area contributed by atoms with Crippen molar-refractivity contribution in [3.8, 4) is 0 Å². The fraction of sp³-hybridized carbons (Fsp3) is 0.400. The molecule has 0 aliphatic carbocycles. The molecule has 1 heteroatoms. The van der Waals surface area contributed by atoms with Crippen molar-refractivity contribution in [2.24, 2.45) is 0 Å². The van der Waals surface area contributed by atoms with Gasteiger partial charge in [-0.25, -0.2) is 0 Å². The molecular formula is C10H16Sn. The van der Waals surface area contributed by atoms with Crippen molar-refractivity contribution in [3.05, 3.63) is 29.8 Å². The Morgan fingerprint density at radius 1 is 0.909 bits per heavy atom. The van der Waals surface area contributed by atoms with Crippen molar-refractivity contribution in [1.82, 2.24) is 0 Å². The Balaban J connectivity index is 2.99. The van der Waals surface area contributed by atoms with Crippen molar-refractivity contribution in [2.75, 3.05) is 0 Å². The van der Waals surface area contributed by atoms with Gasteiger partial charge in [-0.05, 0) is 0 Å². The SMILES string of the molecule is Cc1cc[c]([1Sn]([CH3])([CH3])[CH3])cc1. The molecule has 0 N–H and O–H groups in total. The molecule has 0 unspecified atom stereocenters. The molecule has 0 aliphatic rings. The molecule has 0 amide bonds. The van der Waals surface area contributed by atoms with Gasteiger partial charge in [0.1, 0.15) is 0 Å². The van der Waals surface area contributed by atoms with Crippen LogP contribution < -0.4 is 3.58 Å². The molecule has 0 saturated heterocycles. The minimum absolute atomic E-state index is 1.37. The average molecular weight is 137 g/mol. The van der Waals surface area contributed by atoms with Gasteiger partial charge >= 0.3 is 73.5 Å². The molecule has 0 fully saturated rings. The summed E-state index contributed by atoms with van der Waals surface area (Å²) in [5.74, 6) is 0. The summed E-state index contributed by atoms with van der Waals surface area (Å²) in [4.78, 5) is 7.33. The van der Waals surface area contributed by atoms with Crippen molar-refractivity contribution < 1.29 is 0 Å². The molecule has 0 atom stereocenters. The average Bonchev–Trinajstić information content (AvgIpc) is 1.86. The molecular weight excluding hydrogens is 121 g/mol. The molecule has 0 bridgehead atoms. The molecule has 60 valence electrons. The van der Waals surface area contributed by atoms with E-state index >= 15 is 0 Å². The van der Waals surface area contributed by atoms with Crippen LogP contribution in [0, 0.1) is 6.92 Å². The second-order valence-electron chi connectivity index (χ2n) is 4.12. The van der Waals surface area contributed by atoms with Gasteiger partial charge in [0.25, 0.3) is 0 Å². The maximum atomic E-state index is 2.44. The standard InChI is InChI=1S/C7H7.3CH3.Sn/c1-7-5-3-2-4-6-7;;;;/h3-6H,1H3;3*1H3;/i;;;;1+35. The van der Waals surface area contributed by atoms with Gasteiger partial charge in [0, 0.05) is 0 Å². The van der Waals surface area contributed by atoms with Gasteiger partial charge in [0.05, 0.1) is 0 Å². The maximum absolute atomic E-state index is 2.44. The van der Waals surface area contributed by atoms with Crippen LogP contribution in [0.5, 0.6) is 0 Å². The zero-order valence-electron chi connectivity index (χ0n) is 7.81. The summed E-state index contributed by atoms with van der Waals surface area (Å²) in [6.45, 7) is 2.14. The first-order chi connectivity index (χ1) is 5.00. The molecule has 0 aromatic heterocycles. The number of hydrogen-bond donors (Lipinski definition) is 0. The Kier molecular flexibility index (Phi) is 2.63. The Labute approximate surface area is 73.5 Å². The Morgan fingerprint density at radius 2 is 1.36 bits per heavy atom. The molecule has 1 rings (SSSR count). The molecule has 1 aromatic rings. The van der Waals surface area contributed by atoms with Gasteiger partial charge < -0.3 is 0 Å². The van der Waals surface area contributed by atoms with E-state index in [1.165, 1.54) is 5.56 Å². The van der Waals surface area contributed by atoms with Crippen LogP contribution in [0.15, 0.2) is 24.3 Å². The van der Waals surface area contributed by atoms with Crippen molar-refractivity contribution in [2.45, 2.75) is 21.7 Å². The summed E-state index contributed by atoms with van der Waals surface area (Å²) in [7, 11) is 0. The molecule has 0 radical (unpaired) electrons. The zero-order chi connectivity index (χ0) is 8.48. The van der Waals surface area contributed by atoms with Crippen LogP contribution in [-0.2, 0) is 0 Å². The number of rotatable bonds is 1. The number of hydrogen-bond acceptors (Lipinski definition) is 0. The molecule has 0 spiro atoms. The van der Waals surface area contributed by atoms with E-state index in [4.69, 9.17) is 0 Å². The second-order valence-corrected chi connectivity index (χ2v) is 18.6. The molecule has 0 heterocycles. The summed E-state index contributed by atoms with van der Waals surface area (Å²) in [6, 6.07) is 9.03. The third-order valence-electron chi connectivity index (χ3n) is 1.92. The Bertz CT molecular complexity index is 228. The Hall–Kier alpha value is 0.0187. The summed E-state index contributed by atoms with van der Waals surface area (Å²) in [5.41, 5.74) is 1.37. The van der Waals surface area contributed by atoms with E-state index in [-0.39, 0.29) is 0 Å². The van der Waals surface area contributed by atoms with E-state index in [9.17, 15) is 0 Å². The third-order valence-corrected chi connectivity index (χ3v) is 7.81. The van der Waals surface area contributed by atoms with E-state index in [0.29, 0.717) is 0 Å². The predicted octanol–water partition coefficient (Wildman–Crippen LogP) is 2.54. The first-order valence-electron chi connectivity index (χ1n) is 4.07. The van der Waals surface area contributed by atoms with Gasteiger partial charge in [-0.15, -0.1) is 0 Å². The summed E-state index contributed by atoms with van der Waals surface area (Å²) < 4.78 is 1.62. The second kappa shape index (κ2) is 3.18. The Morgan fingerprint density at radius 3 is 1.73 bits per heavy atom. The first-order valence-corrected chi connectivity index (χ1v) is 14.1. The van der Waals surface area contributed by atoms with Crippen LogP contribution in [0.25, 0.3) is 0 Å². The first kappa shape index (κ1) is 9.11. The topological polar surface area (TPSA) is 0 Å². The van der Waals surface area contributed by atoms with Crippen LogP contribution in [0.2, 0.25) is 14.8 Å². The van der Waals surface area contributed by atoms with E-state index in [0.717, 1.165) is 0 Å².